The van der Waals surface area contributed by atoms with Crippen LogP contribution in [0.1, 0.15) is 36.7 Å². The summed E-state index contributed by atoms with van der Waals surface area (Å²) in [4.78, 5) is 4.32. The van der Waals surface area contributed by atoms with Gasteiger partial charge in [0.15, 0.2) is 5.82 Å². The van der Waals surface area contributed by atoms with Gasteiger partial charge < -0.3 is 10.3 Å². The van der Waals surface area contributed by atoms with Crippen LogP contribution < -0.4 is 5.73 Å². The highest BCUT2D eigenvalue weighted by atomic mass is 16.5. The molecule has 0 saturated carbocycles. The number of hydrogen-bond acceptors (Lipinski definition) is 4. The summed E-state index contributed by atoms with van der Waals surface area (Å²) >= 11 is 0. The van der Waals surface area contributed by atoms with Crippen molar-refractivity contribution in [3.8, 4) is 0 Å². The molecule has 0 unspecified atom stereocenters. The SMILES string of the molecule is Cc1ccccc1Cc1noc(C(C)(C)N)n1. The standard InChI is InChI=1S/C13H17N3O/c1-9-6-4-5-7-10(9)8-11-15-12(17-16-11)13(2,3)14/h4-7H,8,14H2,1-3H3. The highest BCUT2D eigenvalue weighted by Gasteiger charge is 2.22. The molecular weight excluding hydrogens is 214 g/mol. The number of hydrogen-bond donors (Lipinski definition) is 1. The third-order valence-corrected chi connectivity index (χ3v) is 2.63. The topological polar surface area (TPSA) is 64.9 Å². The summed E-state index contributed by atoms with van der Waals surface area (Å²) in [6.45, 7) is 5.76. The van der Waals surface area contributed by atoms with Crippen molar-refractivity contribution in [1.82, 2.24) is 10.1 Å². The second-order valence-corrected chi connectivity index (χ2v) is 4.84. The molecule has 1 heterocycles. The van der Waals surface area contributed by atoms with Crippen molar-refractivity contribution in [2.75, 3.05) is 0 Å². The van der Waals surface area contributed by atoms with E-state index in [1.54, 1.807) is 0 Å². The Morgan fingerprint density at radius 1 is 1.29 bits per heavy atom. The summed E-state index contributed by atoms with van der Waals surface area (Å²) < 4.78 is 5.16. The lowest BCUT2D eigenvalue weighted by Gasteiger charge is -2.10. The Kier molecular flexibility index (Phi) is 2.98. The molecule has 0 atom stereocenters. The van der Waals surface area contributed by atoms with E-state index < -0.39 is 5.54 Å². The first-order chi connectivity index (χ1) is 7.97. The van der Waals surface area contributed by atoms with Crippen LogP contribution in [0.3, 0.4) is 0 Å². The number of rotatable bonds is 3. The predicted octanol–water partition coefficient (Wildman–Crippen LogP) is 2.16. The van der Waals surface area contributed by atoms with Gasteiger partial charge in [-0.3, -0.25) is 0 Å². The molecule has 0 spiro atoms. The van der Waals surface area contributed by atoms with E-state index in [2.05, 4.69) is 29.2 Å². The molecule has 0 aliphatic carbocycles. The number of nitrogens with zero attached hydrogens (tertiary/aromatic N) is 2. The molecule has 0 saturated heterocycles. The highest BCUT2D eigenvalue weighted by Crippen LogP contribution is 2.16. The second kappa shape index (κ2) is 4.30. The molecule has 1 aromatic carbocycles. The van der Waals surface area contributed by atoms with E-state index in [0.29, 0.717) is 18.1 Å². The molecule has 4 heteroatoms. The van der Waals surface area contributed by atoms with Crippen LogP contribution in [-0.2, 0) is 12.0 Å². The summed E-state index contributed by atoms with van der Waals surface area (Å²) in [5, 5.41) is 3.95. The smallest absolute Gasteiger partial charge is 0.246 e. The van der Waals surface area contributed by atoms with Gasteiger partial charge in [-0.15, -0.1) is 0 Å². The van der Waals surface area contributed by atoms with Crippen molar-refractivity contribution >= 4 is 0 Å². The molecule has 17 heavy (non-hydrogen) atoms. The van der Waals surface area contributed by atoms with Crippen molar-refractivity contribution in [3.05, 3.63) is 47.1 Å². The molecule has 0 fully saturated rings. The molecular formula is C13H17N3O. The van der Waals surface area contributed by atoms with E-state index in [0.717, 1.165) is 0 Å². The number of nitrogens with two attached hydrogens (primary N) is 1. The lowest BCUT2D eigenvalue weighted by atomic mass is 10.1. The predicted molar refractivity (Wildman–Crippen MR) is 65.5 cm³/mol. The average molecular weight is 231 g/mol. The quantitative estimate of drug-likeness (QED) is 0.879. The Bertz CT molecular complexity index is 511. The Balaban J connectivity index is 2.21. The largest absolute Gasteiger partial charge is 0.337 e. The molecule has 0 aliphatic heterocycles. The normalized spacial score (nSPS) is 11.8. The van der Waals surface area contributed by atoms with Crippen molar-refractivity contribution in [2.24, 2.45) is 5.73 Å². The maximum Gasteiger partial charge on any atom is 0.246 e. The second-order valence-electron chi connectivity index (χ2n) is 4.84. The first-order valence-corrected chi connectivity index (χ1v) is 5.63. The zero-order valence-electron chi connectivity index (χ0n) is 10.4. The maximum absolute atomic E-state index is 5.90. The van der Waals surface area contributed by atoms with E-state index >= 15 is 0 Å². The van der Waals surface area contributed by atoms with Gasteiger partial charge in [-0.05, 0) is 31.9 Å². The van der Waals surface area contributed by atoms with Gasteiger partial charge in [-0.1, -0.05) is 29.4 Å². The van der Waals surface area contributed by atoms with Gasteiger partial charge in [0.25, 0.3) is 0 Å². The van der Waals surface area contributed by atoms with E-state index in [1.165, 1.54) is 11.1 Å². The van der Waals surface area contributed by atoms with Gasteiger partial charge >= 0.3 is 0 Å². The molecule has 0 aliphatic rings. The number of benzene rings is 1. The lowest BCUT2D eigenvalue weighted by molar-refractivity contribution is 0.310. The van der Waals surface area contributed by atoms with Gasteiger partial charge in [0.05, 0.1) is 5.54 Å². The van der Waals surface area contributed by atoms with E-state index in [1.807, 2.05) is 26.0 Å². The van der Waals surface area contributed by atoms with Gasteiger partial charge in [-0.2, -0.15) is 4.98 Å². The highest BCUT2D eigenvalue weighted by molar-refractivity contribution is 5.28. The van der Waals surface area contributed by atoms with Crippen LogP contribution in [0.4, 0.5) is 0 Å². The van der Waals surface area contributed by atoms with Crippen molar-refractivity contribution in [2.45, 2.75) is 32.7 Å². The molecule has 0 amide bonds. The van der Waals surface area contributed by atoms with E-state index in [9.17, 15) is 0 Å². The molecule has 2 rings (SSSR count). The maximum atomic E-state index is 5.90. The minimum absolute atomic E-state index is 0.473. The van der Waals surface area contributed by atoms with Crippen molar-refractivity contribution < 1.29 is 4.52 Å². The summed E-state index contributed by atoms with van der Waals surface area (Å²) in [7, 11) is 0. The fourth-order valence-corrected chi connectivity index (χ4v) is 1.57. The molecule has 2 N–H and O–H groups in total. The third kappa shape index (κ3) is 2.71. The zero-order chi connectivity index (χ0) is 12.5. The molecule has 4 nitrogen and oxygen atoms in total. The Hall–Kier alpha value is -1.68. The molecule has 0 radical (unpaired) electrons. The molecule has 1 aromatic heterocycles. The van der Waals surface area contributed by atoms with Crippen molar-refractivity contribution in [1.29, 1.82) is 0 Å². The lowest BCUT2D eigenvalue weighted by Crippen LogP contribution is -2.29. The summed E-state index contributed by atoms with van der Waals surface area (Å²) in [5.74, 6) is 1.15. The number of aryl methyl sites for hydroxylation is 1. The van der Waals surface area contributed by atoms with Gasteiger partial charge in [0.2, 0.25) is 5.89 Å². The third-order valence-electron chi connectivity index (χ3n) is 2.63. The van der Waals surface area contributed by atoms with Crippen LogP contribution >= 0.6 is 0 Å². The van der Waals surface area contributed by atoms with Crippen LogP contribution in [0.2, 0.25) is 0 Å². The van der Waals surface area contributed by atoms with Crippen LogP contribution in [0.25, 0.3) is 0 Å². The van der Waals surface area contributed by atoms with Gasteiger partial charge in [0, 0.05) is 6.42 Å². The van der Waals surface area contributed by atoms with Crippen LogP contribution in [0.15, 0.2) is 28.8 Å². The van der Waals surface area contributed by atoms with Gasteiger partial charge in [0.1, 0.15) is 0 Å². The molecule has 0 bridgehead atoms. The first-order valence-electron chi connectivity index (χ1n) is 5.63. The minimum atomic E-state index is -0.586. The zero-order valence-corrected chi connectivity index (χ0v) is 10.4. The minimum Gasteiger partial charge on any atom is -0.337 e. The first kappa shape index (κ1) is 11.8. The van der Waals surface area contributed by atoms with Crippen LogP contribution in [0, 0.1) is 6.92 Å². The van der Waals surface area contributed by atoms with Crippen molar-refractivity contribution in [3.63, 3.8) is 0 Å². The Labute approximate surface area is 101 Å². The summed E-state index contributed by atoms with van der Waals surface area (Å²) in [6.07, 6.45) is 0.673. The van der Waals surface area contributed by atoms with E-state index in [-0.39, 0.29) is 0 Å². The monoisotopic (exact) mass is 231 g/mol. The van der Waals surface area contributed by atoms with Gasteiger partial charge in [-0.25, -0.2) is 0 Å². The fraction of sp³-hybridized carbons (Fsp3) is 0.385. The van der Waals surface area contributed by atoms with E-state index in [4.69, 9.17) is 10.3 Å². The fourth-order valence-electron chi connectivity index (χ4n) is 1.57. The van der Waals surface area contributed by atoms with Crippen LogP contribution in [-0.4, -0.2) is 10.1 Å². The number of aromatic nitrogens is 2. The Morgan fingerprint density at radius 2 is 2.00 bits per heavy atom. The molecule has 2 aromatic rings. The summed E-state index contributed by atoms with van der Waals surface area (Å²) in [6, 6.07) is 8.17. The average Bonchev–Trinajstić information content (AvgIpc) is 2.69. The molecule has 90 valence electrons. The van der Waals surface area contributed by atoms with Crippen LogP contribution in [0.5, 0.6) is 0 Å². The Morgan fingerprint density at radius 3 is 2.59 bits per heavy atom. The summed E-state index contributed by atoms with van der Waals surface area (Å²) in [5.41, 5.74) is 7.74.